The van der Waals surface area contributed by atoms with E-state index >= 15 is 0 Å². The van der Waals surface area contributed by atoms with Crippen LogP contribution in [0, 0.1) is 0 Å². The first-order valence-corrected chi connectivity index (χ1v) is 6.03. The lowest BCUT2D eigenvalue weighted by Crippen LogP contribution is -2.06. The van der Waals surface area contributed by atoms with Crippen molar-refractivity contribution in [2.75, 3.05) is 0 Å². The highest BCUT2D eigenvalue weighted by Crippen LogP contribution is 2.39. The molecule has 1 aromatic carbocycles. The van der Waals surface area contributed by atoms with Crippen LogP contribution in [0.1, 0.15) is 11.3 Å². The number of benzene rings is 1. The summed E-state index contributed by atoms with van der Waals surface area (Å²) in [6.45, 7) is 0. The molecule has 2 rings (SSSR count). The van der Waals surface area contributed by atoms with Gasteiger partial charge in [-0.25, -0.2) is 4.79 Å². The number of carbonyl (C=O) groups is 1. The molecule has 0 radical (unpaired) electrons. The Morgan fingerprint density at radius 2 is 1.95 bits per heavy atom. The lowest BCUT2D eigenvalue weighted by molar-refractivity contribution is -0.137. The second-order valence-corrected chi connectivity index (χ2v) is 4.50. The van der Waals surface area contributed by atoms with Crippen molar-refractivity contribution in [3.8, 4) is 11.3 Å². The number of furan rings is 1. The van der Waals surface area contributed by atoms with E-state index in [1.54, 1.807) is 0 Å². The molecule has 0 unspecified atom stereocenters. The van der Waals surface area contributed by atoms with Crippen molar-refractivity contribution in [1.82, 2.24) is 0 Å². The first-order chi connectivity index (χ1) is 9.77. The smallest absolute Gasteiger partial charge is 0.417 e. The van der Waals surface area contributed by atoms with Gasteiger partial charge in [0.25, 0.3) is 0 Å². The second kappa shape index (κ2) is 5.65. The molecule has 21 heavy (non-hydrogen) atoms. The molecule has 2 aromatic rings. The molecule has 0 saturated carbocycles. The summed E-state index contributed by atoms with van der Waals surface area (Å²) in [4.78, 5) is 10.4. The Kier molecular flexibility index (Phi) is 4.09. The number of halogens is 4. The molecule has 0 aliphatic heterocycles. The van der Waals surface area contributed by atoms with Gasteiger partial charge in [-0.2, -0.15) is 13.2 Å². The zero-order chi connectivity index (χ0) is 15.6. The SMILES string of the molecule is O=C(O)/C=C/c1ccc(-c2ccc(Cl)cc2C(F)(F)F)o1. The van der Waals surface area contributed by atoms with Crippen LogP contribution in [0.4, 0.5) is 13.2 Å². The third-order valence-corrected chi connectivity index (χ3v) is 2.80. The summed E-state index contributed by atoms with van der Waals surface area (Å²) in [5.74, 6) is -1.07. The van der Waals surface area contributed by atoms with E-state index in [0.717, 1.165) is 18.2 Å². The molecule has 0 saturated heterocycles. The fraction of sp³-hybridized carbons (Fsp3) is 0.0714. The fourth-order valence-electron chi connectivity index (χ4n) is 1.71. The van der Waals surface area contributed by atoms with Crippen LogP contribution in [0.25, 0.3) is 17.4 Å². The Bertz CT molecular complexity index is 702. The fourth-order valence-corrected chi connectivity index (χ4v) is 1.88. The third kappa shape index (κ3) is 3.66. The number of aliphatic carboxylic acids is 1. The average molecular weight is 317 g/mol. The van der Waals surface area contributed by atoms with E-state index < -0.39 is 17.7 Å². The molecule has 110 valence electrons. The van der Waals surface area contributed by atoms with Crippen LogP contribution in [-0.4, -0.2) is 11.1 Å². The molecular weight excluding hydrogens is 309 g/mol. The van der Waals surface area contributed by atoms with Crippen molar-refractivity contribution in [2.45, 2.75) is 6.18 Å². The summed E-state index contributed by atoms with van der Waals surface area (Å²) in [6, 6.07) is 6.05. The van der Waals surface area contributed by atoms with Crippen molar-refractivity contribution in [2.24, 2.45) is 0 Å². The van der Waals surface area contributed by atoms with Gasteiger partial charge >= 0.3 is 12.1 Å². The van der Waals surface area contributed by atoms with Crippen molar-refractivity contribution in [3.05, 3.63) is 52.8 Å². The van der Waals surface area contributed by atoms with Crippen LogP contribution in [0.15, 0.2) is 40.8 Å². The Labute approximate surface area is 122 Å². The molecule has 0 atom stereocenters. The Balaban J connectivity index is 2.45. The number of carboxylic acids is 1. The van der Waals surface area contributed by atoms with Crippen LogP contribution in [0.5, 0.6) is 0 Å². The zero-order valence-corrected chi connectivity index (χ0v) is 11.1. The molecule has 0 fully saturated rings. The number of carboxylic acid groups (broad SMARTS) is 1. The van der Waals surface area contributed by atoms with Gasteiger partial charge in [0.05, 0.1) is 5.56 Å². The van der Waals surface area contributed by atoms with Gasteiger partial charge in [-0.3, -0.25) is 0 Å². The van der Waals surface area contributed by atoms with Crippen LogP contribution >= 0.6 is 11.6 Å². The van der Waals surface area contributed by atoms with E-state index in [4.69, 9.17) is 21.1 Å². The summed E-state index contributed by atoms with van der Waals surface area (Å²) in [6.07, 6.45) is -2.60. The number of alkyl halides is 3. The number of hydrogen-bond acceptors (Lipinski definition) is 2. The quantitative estimate of drug-likeness (QED) is 0.834. The highest BCUT2D eigenvalue weighted by molar-refractivity contribution is 6.30. The molecule has 3 nitrogen and oxygen atoms in total. The van der Waals surface area contributed by atoms with Crippen molar-refractivity contribution in [1.29, 1.82) is 0 Å². The van der Waals surface area contributed by atoms with Gasteiger partial charge in [0.15, 0.2) is 0 Å². The summed E-state index contributed by atoms with van der Waals surface area (Å²) in [5, 5.41) is 8.45. The Morgan fingerprint density at radius 3 is 2.57 bits per heavy atom. The third-order valence-electron chi connectivity index (χ3n) is 2.57. The zero-order valence-electron chi connectivity index (χ0n) is 10.3. The van der Waals surface area contributed by atoms with Gasteiger partial charge < -0.3 is 9.52 Å². The summed E-state index contributed by atoms with van der Waals surface area (Å²) in [7, 11) is 0. The van der Waals surface area contributed by atoms with E-state index in [1.165, 1.54) is 24.3 Å². The standard InChI is InChI=1S/C14H8ClF3O3/c15-8-1-4-10(11(7-8)14(16,17)18)12-5-2-9(21-12)3-6-13(19)20/h1-7H,(H,19,20)/b6-3+. The monoisotopic (exact) mass is 316 g/mol. The maximum atomic E-state index is 13.0. The first kappa shape index (κ1) is 15.2. The van der Waals surface area contributed by atoms with E-state index in [1.807, 2.05) is 0 Å². The minimum Gasteiger partial charge on any atom is -0.478 e. The molecular formula is C14H8ClF3O3. The molecule has 0 spiro atoms. The Hall–Kier alpha value is -2.21. The van der Waals surface area contributed by atoms with Gasteiger partial charge in [0.1, 0.15) is 11.5 Å². The van der Waals surface area contributed by atoms with Gasteiger partial charge in [0.2, 0.25) is 0 Å². The van der Waals surface area contributed by atoms with Gasteiger partial charge in [-0.1, -0.05) is 11.6 Å². The molecule has 0 aliphatic carbocycles. The van der Waals surface area contributed by atoms with Crippen LogP contribution in [-0.2, 0) is 11.0 Å². The van der Waals surface area contributed by atoms with Gasteiger partial charge in [-0.05, 0) is 36.4 Å². The number of rotatable bonds is 3. The molecule has 0 aliphatic rings. The van der Waals surface area contributed by atoms with Crippen LogP contribution in [0.3, 0.4) is 0 Å². The normalized spacial score (nSPS) is 12.0. The van der Waals surface area contributed by atoms with E-state index in [0.29, 0.717) is 0 Å². The summed E-state index contributed by atoms with van der Waals surface area (Å²) < 4.78 is 44.2. The largest absolute Gasteiger partial charge is 0.478 e. The van der Waals surface area contributed by atoms with Crippen LogP contribution < -0.4 is 0 Å². The second-order valence-electron chi connectivity index (χ2n) is 4.06. The molecule has 0 amide bonds. The summed E-state index contributed by atoms with van der Waals surface area (Å²) in [5.41, 5.74) is -1.08. The molecule has 0 bridgehead atoms. The van der Waals surface area contributed by atoms with Crippen molar-refractivity contribution >= 4 is 23.6 Å². The molecule has 1 N–H and O–H groups in total. The van der Waals surface area contributed by atoms with Gasteiger partial charge in [-0.15, -0.1) is 0 Å². The molecule has 1 aromatic heterocycles. The maximum absolute atomic E-state index is 13.0. The molecule has 1 heterocycles. The predicted octanol–water partition coefficient (Wildman–Crippen LogP) is 4.72. The van der Waals surface area contributed by atoms with E-state index in [9.17, 15) is 18.0 Å². The topological polar surface area (TPSA) is 50.4 Å². The highest BCUT2D eigenvalue weighted by Gasteiger charge is 2.34. The lowest BCUT2D eigenvalue weighted by Gasteiger charge is -2.11. The van der Waals surface area contributed by atoms with Gasteiger partial charge in [0, 0.05) is 16.7 Å². The molecule has 7 heteroatoms. The Morgan fingerprint density at radius 1 is 1.24 bits per heavy atom. The minimum atomic E-state index is -4.58. The summed E-state index contributed by atoms with van der Waals surface area (Å²) >= 11 is 5.59. The number of hydrogen-bond donors (Lipinski definition) is 1. The first-order valence-electron chi connectivity index (χ1n) is 5.65. The van der Waals surface area contributed by atoms with Crippen LogP contribution in [0.2, 0.25) is 5.02 Å². The minimum absolute atomic E-state index is 0.0240. The van der Waals surface area contributed by atoms with E-state index in [-0.39, 0.29) is 22.1 Å². The van der Waals surface area contributed by atoms with E-state index in [2.05, 4.69) is 0 Å². The van der Waals surface area contributed by atoms with Crippen molar-refractivity contribution in [3.63, 3.8) is 0 Å². The predicted molar refractivity (Wildman–Crippen MR) is 70.8 cm³/mol. The lowest BCUT2D eigenvalue weighted by atomic mass is 10.1. The highest BCUT2D eigenvalue weighted by atomic mass is 35.5. The van der Waals surface area contributed by atoms with Crippen molar-refractivity contribution < 1.29 is 27.5 Å². The maximum Gasteiger partial charge on any atom is 0.417 e. The average Bonchev–Trinajstić information content (AvgIpc) is 2.84.